The highest BCUT2D eigenvalue weighted by molar-refractivity contribution is 5.85. The summed E-state index contributed by atoms with van der Waals surface area (Å²) >= 11 is 0. The summed E-state index contributed by atoms with van der Waals surface area (Å²) in [6.07, 6.45) is 4.38. The first-order valence-electron chi connectivity index (χ1n) is 8.81. The second-order valence-corrected chi connectivity index (χ2v) is 7.05. The molecule has 0 unspecified atom stereocenters. The zero-order valence-corrected chi connectivity index (χ0v) is 14.1. The number of carbonyl (C=O) groups is 2. The normalized spacial score (nSPS) is 31.9. The zero-order chi connectivity index (χ0) is 16.3. The van der Waals surface area contributed by atoms with Crippen molar-refractivity contribution in [3.63, 3.8) is 0 Å². The molecule has 0 aromatic carbocycles. The fourth-order valence-electron chi connectivity index (χ4n) is 4.17. The molecular formula is C17H28N2O4. The lowest BCUT2D eigenvalue weighted by Crippen LogP contribution is -2.39. The van der Waals surface area contributed by atoms with Crippen LogP contribution in [0.5, 0.6) is 0 Å². The number of nitrogens with zero attached hydrogens (tertiary/aromatic N) is 2. The number of methoxy groups -OCH3 is 1. The van der Waals surface area contributed by atoms with Crippen molar-refractivity contribution < 1.29 is 19.1 Å². The quantitative estimate of drug-likeness (QED) is 0.771. The first kappa shape index (κ1) is 16.7. The molecule has 3 aliphatic rings. The molecule has 1 spiro atoms. The smallest absolute Gasteiger partial charge is 0.229 e. The highest BCUT2D eigenvalue weighted by Gasteiger charge is 2.47. The van der Waals surface area contributed by atoms with Crippen molar-refractivity contribution in [1.29, 1.82) is 0 Å². The number of hydrogen-bond donors (Lipinski definition) is 0. The molecule has 2 atom stereocenters. The second-order valence-electron chi connectivity index (χ2n) is 7.05. The average molecular weight is 324 g/mol. The molecule has 0 radical (unpaired) electrons. The van der Waals surface area contributed by atoms with Crippen LogP contribution in [0.4, 0.5) is 0 Å². The van der Waals surface area contributed by atoms with E-state index < -0.39 is 0 Å². The summed E-state index contributed by atoms with van der Waals surface area (Å²) in [6, 6.07) is 0. The Labute approximate surface area is 138 Å². The Morgan fingerprint density at radius 2 is 2.13 bits per heavy atom. The molecule has 0 bridgehead atoms. The predicted octanol–water partition coefficient (Wildman–Crippen LogP) is 0.901. The molecule has 3 fully saturated rings. The Balaban J connectivity index is 1.59. The van der Waals surface area contributed by atoms with Gasteiger partial charge in [0.1, 0.15) is 0 Å². The van der Waals surface area contributed by atoms with Crippen LogP contribution in [0.2, 0.25) is 0 Å². The van der Waals surface area contributed by atoms with Crippen LogP contribution in [0.1, 0.15) is 32.1 Å². The third kappa shape index (κ3) is 3.38. The number of amides is 2. The molecule has 0 aromatic rings. The molecule has 0 saturated carbocycles. The van der Waals surface area contributed by atoms with Crippen LogP contribution in [0.25, 0.3) is 0 Å². The molecule has 130 valence electrons. The van der Waals surface area contributed by atoms with E-state index in [1.807, 2.05) is 9.80 Å². The van der Waals surface area contributed by atoms with Crippen molar-refractivity contribution in [3.05, 3.63) is 0 Å². The minimum absolute atomic E-state index is 0.0292. The topological polar surface area (TPSA) is 59.1 Å². The molecule has 6 heteroatoms. The third-order valence-electron chi connectivity index (χ3n) is 5.70. The predicted molar refractivity (Wildman–Crippen MR) is 84.9 cm³/mol. The third-order valence-corrected chi connectivity index (χ3v) is 5.70. The van der Waals surface area contributed by atoms with Gasteiger partial charge in [0.25, 0.3) is 0 Å². The van der Waals surface area contributed by atoms with Crippen molar-refractivity contribution in [1.82, 2.24) is 9.80 Å². The fourth-order valence-corrected chi connectivity index (χ4v) is 4.17. The molecule has 23 heavy (non-hydrogen) atoms. The monoisotopic (exact) mass is 324 g/mol. The summed E-state index contributed by atoms with van der Waals surface area (Å²) in [5, 5.41) is 0. The lowest BCUT2D eigenvalue weighted by Gasteiger charge is -2.27. The van der Waals surface area contributed by atoms with Crippen molar-refractivity contribution >= 4 is 11.8 Å². The van der Waals surface area contributed by atoms with Gasteiger partial charge in [0, 0.05) is 39.9 Å². The van der Waals surface area contributed by atoms with Gasteiger partial charge in [-0.2, -0.15) is 0 Å². The van der Waals surface area contributed by atoms with Gasteiger partial charge in [-0.15, -0.1) is 0 Å². The molecule has 0 aliphatic carbocycles. The second kappa shape index (κ2) is 7.18. The molecule has 3 heterocycles. The van der Waals surface area contributed by atoms with E-state index in [9.17, 15) is 9.59 Å². The summed E-state index contributed by atoms with van der Waals surface area (Å²) in [7, 11) is 1.66. The maximum absolute atomic E-state index is 12.8. The van der Waals surface area contributed by atoms with Gasteiger partial charge < -0.3 is 19.3 Å². The van der Waals surface area contributed by atoms with Crippen LogP contribution >= 0.6 is 0 Å². The standard InChI is InChI=1S/C17H28N2O4/c1-22-12-10-19-9-6-17(16(19)21)4-2-7-18(8-5-17)15(20)14-3-11-23-13-14/h14H,2-13H2,1H3/t14-,17-/m1/s1. The van der Waals surface area contributed by atoms with Gasteiger partial charge in [0.05, 0.1) is 24.5 Å². The summed E-state index contributed by atoms with van der Waals surface area (Å²) in [5.41, 5.74) is -0.241. The molecule has 0 N–H and O–H groups in total. The highest BCUT2D eigenvalue weighted by atomic mass is 16.5. The lowest BCUT2D eigenvalue weighted by molar-refractivity contribution is -0.138. The van der Waals surface area contributed by atoms with Crippen LogP contribution < -0.4 is 0 Å². The Bertz CT molecular complexity index is 450. The van der Waals surface area contributed by atoms with Gasteiger partial charge in [-0.1, -0.05) is 0 Å². The Morgan fingerprint density at radius 3 is 2.87 bits per heavy atom. The van der Waals surface area contributed by atoms with Crippen LogP contribution in [0, 0.1) is 11.3 Å². The number of likely N-dealkylation sites (tertiary alicyclic amines) is 2. The van der Waals surface area contributed by atoms with Crippen molar-refractivity contribution in [2.75, 3.05) is 53.1 Å². The van der Waals surface area contributed by atoms with Crippen LogP contribution in [-0.2, 0) is 19.1 Å². The molecule has 3 aliphatic heterocycles. The highest BCUT2D eigenvalue weighted by Crippen LogP contribution is 2.41. The van der Waals surface area contributed by atoms with Gasteiger partial charge in [-0.25, -0.2) is 0 Å². The molecular weight excluding hydrogens is 296 g/mol. The van der Waals surface area contributed by atoms with E-state index in [2.05, 4.69) is 0 Å². The van der Waals surface area contributed by atoms with Crippen LogP contribution in [-0.4, -0.2) is 74.7 Å². The first-order chi connectivity index (χ1) is 11.2. The van der Waals surface area contributed by atoms with Crippen molar-refractivity contribution in [3.8, 4) is 0 Å². The molecule has 6 nitrogen and oxygen atoms in total. The van der Waals surface area contributed by atoms with E-state index in [0.717, 1.165) is 45.2 Å². The van der Waals surface area contributed by atoms with Gasteiger partial charge in [0.15, 0.2) is 0 Å². The largest absolute Gasteiger partial charge is 0.383 e. The number of carbonyl (C=O) groups excluding carboxylic acids is 2. The molecule has 3 rings (SSSR count). The van der Waals surface area contributed by atoms with E-state index in [1.54, 1.807) is 7.11 Å². The lowest BCUT2D eigenvalue weighted by atomic mass is 9.79. The van der Waals surface area contributed by atoms with Crippen molar-refractivity contribution in [2.45, 2.75) is 32.1 Å². The van der Waals surface area contributed by atoms with Crippen molar-refractivity contribution in [2.24, 2.45) is 11.3 Å². The van der Waals surface area contributed by atoms with E-state index in [-0.39, 0.29) is 23.1 Å². The minimum Gasteiger partial charge on any atom is -0.383 e. The van der Waals surface area contributed by atoms with Crippen LogP contribution in [0.3, 0.4) is 0 Å². The number of ether oxygens (including phenoxy) is 2. The number of rotatable bonds is 4. The minimum atomic E-state index is -0.241. The first-order valence-corrected chi connectivity index (χ1v) is 8.81. The van der Waals surface area contributed by atoms with Gasteiger partial charge in [-0.3, -0.25) is 9.59 Å². The molecule has 2 amide bonds. The van der Waals surface area contributed by atoms with E-state index in [4.69, 9.17) is 9.47 Å². The summed E-state index contributed by atoms with van der Waals surface area (Å²) in [4.78, 5) is 29.3. The average Bonchev–Trinajstić information content (AvgIpc) is 3.12. The Kier molecular flexibility index (Phi) is 5.21. The van der Waals surface area contributed by atoms with E-state index >= 15 is 0 Å². The summed E-state index contributed by atoms with van der Waals surface area (Å²) in [5.74, 6) is 0.524. The molecule has 3 saturated heterocycles. The Morgan fingerprint density at radius 1 is 1.30 bits per heavy atom. The SMILES string of the molecule is COCCN1CC[C@]2(CCCN(C(=O)[C@@H]3CCOC3)CC2)C1=O. The molecule has 0 aromatic heterocycles. The van der Waals surface area contributed by atoms with Gasteiger partial charge in [-0.05, 0) is 32.1 Å². The van der Waals surface area contributed by atoms with E-state index in [1.165, 1.54) is 0 Å². The van der Waals surface area contributed by atoms with Crippen LogP contribution in [0.15, 0.2) is 0 Å². The van der Waals surface area contributed by atoms with Gasteiger partial charge >= 0.3 is 0 Å². The summed E-state index contributed by atoms with van der Waals surface area (Å²) in [6.45, 7) is 4.84. The van der Waals surface area contributed by atoms with Gasteiger partial charge in [0.2, 0.25) is 11.8 Å². The number of hydrogen-bond acceptors (Lipinski definition) is 4. The Hall–Kier alpha value is -1.14. The fraction of sp³-hybridized carbons (Fsp3) is 0.882. The maximum atomic E-state index is 12.8. The summed E-state index contributed by atoms with van der Waals surface area (Å²) < 4.78 is 10.4. The zero-order valence-electron chi connectivity index (χ0n) is 14.1. The van der Waals surface area contributed by atoms with E-state index in [0.29, 0.717) is 32.9 Å². The maximum Gasteiger partial charge on any atom is 0.229 e.